The van der Waals surface area contributed by atoms with Crippen molar-refractivity contribution in [2.75, 3.05) is 13.7 Å². The molecule has 1 N–H and O–H groups in total. The first-order chi connectivity index (χ1) is 8.19. The van der Waals surface area contributed by atoms with Crippen LogP contribution >= 0.6 is 0 Å². The maximum atomic E-state index is 11.6. The highest BCUT2D eigenvalue weighted by atomic mass is 16.6. The van der Waals surface area contributed by atoms with Gasteiger partial charge in [0.1, 0.15) is 0 Å². The second kappa shape index (κ2) is 6.52. The molecule has 1 atom stereocenters. The SMILES string of the molecule is CCOC(=O)NC(C(=O)OC)c1ccccc1. The number of hydrogen-bond donors (Lipinski definition) is 1. The smallest absolute Gasteiger partial charge is 0.408 e. The molecule has 0 radical (unpaired) electrons. The van der Waals surface area contributed by atoms with Crippen molar-refractivity contribution in [1.29, 1.82) is 0 Å². The summed E-state index contributed by atoms with van der Waals surface area (Å²) >= 11 is 0. The number of benzene rings is 1. The molecule has 0 fully saturated rings. The Balaban J connectivity index is 2.82. The minimum atomic E-state index is -0.847. The molecule has 1 unspecified atom stereocenters. The van der Waals surface area contributed by atoms with E-state index in [1.165, 1.54) is 7.11 Å². The molecule has 0 spiro atoms. The minimum absolute atomic E-state index is 0.245. The Kier molecular flexibility index (Phi) is 5.00. The van der Waals surface area contributed by atoms with Gasteiger partial charge in [-0.25, -0.2) is 9.59 Å². The molecular formula is C12H15NO4. The zero-order valence-electron chi connectivity index (χ0n) is 9.80. The summed E-state index contributed by atoms with van der Waals surface area (Å²) in [7, 11) is 1.27. The van der Waals surface area contributed by atoms with Crippen LogP contribution in [-0.2, 0) is 14.3 Å². The Hall–Kier alpha value is -2.04. The highest BCUT2D eigenvalue weighted by Crippen LogP contribution is 2.14. The van der Waals surface area contributed by atoms with Crippen LogP contribution in [0.15, 0.2) is 30.3 Å². The average molecular weight is 237 g/mol. The first-order valence-corrected chi connectivity index (χ1v) is 5.25. The quantitative estimate of drug-likeness (QED) is 0.808. The lowest BCUT2D eigenvalue weighted by atomic mass is 10.1. The molecule has 5 heteroatoms. The van der Waals surface area contributed by atoms with Crippen LogP contribution in [0, 0.1) is 0 Å². The predicted octanol–water partition coefficient (Wildman–Crippen LogP) is 1.65. The third kappa shape index (κ3) is 3.79. The first kappa shape index (κ1) is 13.0. The highest BCUT2D eigenvalue weighted by molar-refractivity contribution is 5.82. The Morgan fingerprint density at radius 3 is 2.47 bits per heavy atom. The minimum Gasteiger partial charge on any atom is -0.467 e. The van der Waals surface area contributed by atoms with E-state index in [0.29, 0.717) is 5.56 Å². The standard InChI is InChI=1S/C12H15NO4/c1-3-17-12(15)13-10(11(14)16-2)9-7-5-4-6-8-9/h4-8,10H,3H2,1-2H3,(H,13,15). The summed E-state index contributed by atoms with van der Waals surface area (Å²) in [6, 6.07) is 7.99. The summed E-state index contributed by atoms with van der Waals surface area (Å²) in [4.78, 5) is 22.9. The number of carbonyl (C=O) groups excluding carboxylic acids is 2. The molecule has 1 aromatic carbocycles. The summed E-state index contributed by atoms with van der Waals surface area (Å²) in [5.41, 5.74) is 0.646. The van der Waals surface area contributed by atoms with Gasteiger partial charge < -0.3 is 14.8 Å². The van der Waals surface area contributed by atoms with Gasteiger partial charge in [-0.15, -0.1) is 0 Å². The Morgan fingerprint density at radius 2 is 1.94 bits per heavy atom. The topological polar surface area (TPSA) is 64.6 Å². The number of nitrogens with one attached hydrogen (secondary N) is 1. The van der Waals surface area contributed by atoms with Gasteiger partial charge in [0, 0.05) is 0 Å². The van der Waals surface area contributed by atoms with Crippen LogP contribution in [0.25, 0.3) is 0 Å². The summed E-state index contributed by atoms with van der Waals surface area (Å²) in [6.07, 6.45) is -0.647. The third-order valence-electron chi connectivity index (χ3n) is 2.11. The maximum Gasteiger partial charge on any atom is 0.408 e. The van der Waals surface area contributed by atoms with Gasteiger partial charge in [-0.2, -0.15) is 0 Å². The van der Waals surface area contributed by atoms with Crippen molar-refractivity contribution < 1.29 is 19.1 Å². The Bertz CT molecular complexity index is 377. The predicted molar refractivity (Wildman–Crippen MR) is 61.4 cm³/mol. The monoisotopic (exact) mass is 237 g/mol. The van der Waals surface area contributed by atoms with Crippen molar-refractivity contribution in [2.45, 2.75) is 13.0 Å². The number of ether oxygens (including phenoxy) is 2. The number of esters is 1. The summed E-state index contributed by atoms with van der Waals surface area (Å²) < 4.78 is 9.37. The van der Waals surface area contributed by atoms with Crippen LogP contribution in [0.2, 0.25) is 0 Å². The summed E-state index contributed by atoms with van der Waals surface area (Å²) in [5.74, 6) is -0.538. The molecular weight excluding hydrogens is 222 g/mol. The molecule has 5 nitrogen and oxygen atoms in total. The molecule has 92 valence electrons. The van der Waals surface area contributed by atoms with Crippen LogP contribution in [-0.4, -0.2) is 25.8 Å². The van der Waals surface area contributed by atoms with Crippen molar-refractivity contribution in [3.63, 3.8) is 0 Å². The Morgan fingerprint density at radius 1 is 1.29 bits per heavy atom. The molecule has 0 saturated heterocycles. The number of hydrogen-bond acceptors (Lipinski definition) is 4. The molecule has 0 aliphatic carbocycles. The van der Waals surface area contributed by atoms with Crippen molar-refractivity contribution >= 4 is 12.1 Å². The van der Waals surface area contributed by atoms with Gasteiger partial charge in [0.2, 0.25) is 0 Å². The van der Waals surface area contributed by atoms with E-state index in [2.05, 4.69) is 10.1 Å². The van der Waals surface area contributed by atoms with Crippen LogP contribution in [0.5, 0.6) is 0 Å². The molecule has 0 heterocycles. The van der Waals surface area contributed by atoms with E-state index in [9.17, 15) is 9.59 Å². The molecule has 0 aliphatic rings. The van der Waals surface area contributed by atoms with Gasteiger partial charge in [-0.3, -0.25) is 0 Å². The van der Waals surface area contributed by atoms with E-state index in [1.54, 1.807) is 31.2 Å². The van der Waals surface area contributed by atoms with E-state index in [-0.39, 0.29) is 6.61 Å². The van der Waals surface area contributed by atoms with Crippen molar-refractivity contribution in [1.82, 2.24) is 5.32 Å². The molecule has 0 aliphatic heterocycles. The summed E-state index contributed by atoms with van der Waals surface area (Å²) in [6.45, 7) is 1.93. The fourth-order valence-electron chi connectivity index (χ4n) is 1.33. The molecule has 1 aromatic rings. The lowest BCUT2D eigenvalue weighted by Crippen LogP contribution is -2.34. The van der Waals surface area contributed by atoms with Gasteiger partial charge >= 0.3 is 12.1 Å². The van der Waals surface area contributed by atoms with E-state index in [1.807, 2.05) is 6.07 Å². The zero-order valence-corrected chi connectivity index (χ0v) is 9.80. The number of rotatable bonds is 4. The normalized spacial score (nSPS) is 11.4. The van der Waals surface area contributed by atoms with Gasteiger partial charge in [0.25, 0.3) is 0 Å². The first-order valence-electron chi connectivity index (χ1n) is 5.25. The van der Waals surface area contributed by atoms with Crippen LogP contribution in [0.3, 0.4) is 0 Å². The molecule has 0 bridgehead atoms. The molecule has 17 heavy (non-hydrogen) atoms. The van der Waals surface area contributed by atoms with Crippen molar-refractivity contribution in [3.8, 4) is 0 Å². The number of carbonyl (C=O) groups is 2. The van der Waals surface area contributed by atoms with E-state index < -0.39 is 18.1 Å². The number of methoxy groups -OCH3 is 1. The van der Waals surface area contributed by atoms with Crippen molar-refractivity contribution in [2.24, 2.45) is 0 Å². The van der Waals surface area contributed by atoms with E-state index in [0.717, 1.165) is 0 Å². The van der Waals surface area contributed by atoms with E-state index >= 15 is 0 Å². The average Bonchev–Trinajstić information content (AvgIpc) is 2.36. The Labute approximate surface area is 99.7 Å². The molecule has 0 aromatic heterocycles. The highest BCUT2D eigenvalue weighted by Gasteiger charge is 2.23. The van der Waals surface area contributed by atoms with Crippen LogP contribution in [0.4, 0.5) is 4.79 Å². The second-order valence-corrected chi connectivity index (χ2v) is 3.23. The van der Waals surface area contributed by atoms with Gasteiger partial charge in [0.05, 0.1) is 13.7 Å². The number of amides is 1. The second-order valence-electron chi connectivity index (χ2n) is 3.23. The third-order valence-corrected chi connectivity index (χ3v) is 2.11. The van der Waals surface area contributed by atoms with Gasteiger partial charge in [-0.1, -0.05) is 30.3 Å². The lowest BCUT2D eigenvalue weighted by molar-refractivity contribution is -0.143. The van der Waals surface area contributed by atoms with Crippen LogP contribution < -0.4 is 5.32 Å². The number of alkyl carbamates (subject to hydrolysis) is 1. The fourth-order valence-corrected chi connectivity index (χ4v) is 1.33. The maximum absolute atomic E-state index is 11.6. The molecule has 1 amide bonds. The lowest BCUT2D eigenvalue weighted by Gasteiger charge is -2.16. The summed E-state index contributed by atoms with van der Waals surface area (Å²) in [5, 5.41) is 2.45. The zero-order chi connectivity index (χ0) is 12.7. The van der Waals surface area contributed by atoms with Gasteiger partial charge in [-0.05, 0) is 12.5 Å². The van der Waals surface area contributed by atoms with Crippen LogP contribution in [0.1, 0.15) is 18.5 Å². The fraction of sp³-hybridized carbons (Fsp3) is 0.333. The van der Waals surface area contributed by atoms with E-state index in [4.69, 9.17) is 4.74 Å². The molecule has 0 saturated carbocycles. The largest absolute Gasteiger partial charge is 0.467 e. The van der Waals surface area contributed by atoms with Crippen molar-refractivity contribution in [3.05, 3.63) is 35.9 Å². The van der Waals surface area contributed by atoms with Gasteiger partial charge in [0.15, 0.2) is 6.04 Å². The molecule has 1 rings (SSSR count).